The minimum absolute atomic E-state index is 0.0167. The zero-order chi connectivity index (χ0) is 35.4. The van der Waals surface area contributed by atoms with Crippen molar-refractivity contribution in [2.75, 3.05) is 60.6 Å². The Morgan fingerprint density at radius 1 is 1.04 bits per heavy atom. The molecule has 5 aromatic rings. The number of ether oxygens (including phenoxy) is 4. The minimum atomic E-state index is -1.31. The molecule has 0 saturated carbocycles. The van der Waals surface area contributed by atoms with Crippen LogP contribution in [0, 0.1) is 6.92 Å². The number of furan rings is 1. The van der Waals surface area contributed by atoms with Gasteiger partial charge in [0.2, 0.25) is 17.7 Å². The molecule has 6 rings (SSSR count). The Morgan fingerprint density at radius 2 is 1.82 bits per heavy atom. The molecule has 0 aliphatic carbocycles. The molecule has 2 aromatic carbocycles. The topological polar surface area (TPSA) is 137 Å². The van der Waals surface area contributed by atoms with E-state index in [2.05, 4.69) is 26.8 Å². The molecule has 0 spiro atoms. The molecule has 0 amide bonds. The van der Waals surface area contributed by atoms with Crippen LogP contribution in [0.15, 0.2) is 59.3 Å². The number of nitrogens with zero attached hydrogens (tertiary/aromatic N) is 4. The Balaban J connectivity index is 1.41. The minimum Gasteiger partial charge on any atom is -0.496 e. The number of fused-ring (bicyclic) bond motifs is 1. The van der Waals surface area contributed by atoms with E-state index >= 15 is 0 Å². The van der Waals surface area contributed by atoms with Crippen molar-refractivity contribution in [1.82, 2.24) is 19.8 Å². The van der Waals surface area contributed by atoms with Crippen LogP contribution < -0.4 is 14.2 Å². The van der Waals surface area contributed by atoms with Crippen molar-refractivity contribution in [3.05, 3.63) is 76.8 Å². The van der Waals surface area contributed by atoms with Crippen LogP contribution >= 0.6 is 22.9 Å². The van der Waals surface area contributed by atoms with Crippen LogP contribution in [0.4, 0.5) is 0 Å². The molecule has 1 atom stereocenters. The fraction of sp³-hybridized carbons (Fsp3) is 0.333. The van der Waals surface area contributed by atoms with E-state index in [-0.39, 0.29) is 18.1 Å². The summed E-state index contributed by atoms with van der Waals surface area (Å²) in [5.74, 6) is -0.242. The van der Waals surface area contributed by atoms with Gasteiger partial charge in [-0.1, -0.05) is 35.9 Å². The average molecular weight is 721 g/mol. The number of hydrogen-bond acceptors (Lipinski definition) is 12. The maximum Gasteiger partial charge on any atom is 0.373 e. The second-order valence-corrected chi connectivity index (χ2v) is 13.2. The van der Waals surface area contributed by atoms with E-state index in [4.69, 9.17) is 35.0 Å². The Kier molecular flexibility index (Phi) is 10.9. The van der Waals surface area contributed by atoms with Gasteiger partial charge in [0.15, 0.2) is 0 Å². The van der Waals surface area contributed by atoms with E-state index in [1.54, 1.807) is 24.3 Å². The van der Waals surface area contributed by atoms with Gasteiger partial charge in [-0.15, -0.1) is 11.3 Å². The van der Waals surface area contributed by atoms with Crippen LogP contribution in [0.3, 0.4) is 0 Å². The van der Waals surface area contributed by atoms with Crippen molar-refractivity contribution in [2.24, 2.45) is 0 Å². The first-order valence-electron chi connectivity index (χ1n) is 16.0. The molecular formula is C36H37ClN4O8S. The second kappa shape index (κ2) is 15.5. The maximum atomic E-state index is 12.6. The summed E-state index contributed by atoms with van der Waals surface area (Å²) >= 11 is 8.26. The number of thiophene rings is 1. The van der Waals surface area contributed by atoms with Gasteiger partial charge in [0, 0.05) is 44.7 Å². The van der Waals surface area contributed by atoms with Gasteiger partial charge in [-0.25, -0.2) is 19.6 Å². The van der Waals surface area contributed by atoms with Crippen LogP contribution in [0.5, 0.6) is 17.4 Å². The second-order valence-electron chi connectivity index (χ2n) is 11.8. The molecule has 1 aliphatic rings. The van der Waals surface area contributed by atoms with Gasteiger partial charge in [0.1, 0.15) is 35.0 Å². The summed E-state index contributed by atoms with van der Waals surface area (Å²) in [5, 5.41) is 11.2. The average Bonchev–Trinajstić information content (AvgIpc) is 3.77. The van der Waals surface area contributed by atoms with Crippen molar-refractivity contribution < 1.29 is 38.1 Å². The number of aliphatic carboxylic acids is 1. The predicted octanol–water partition coefficient (Wildman–Crippen LogP) is 6.08. The van der Waals surface area contributed by atoms with E-state index in [9.17, 15) is 14.7 Å². The van der Waals surface area contributed by atoms with Gasteiger partial charge < -0.3 is 33.4 Å². The lowest BCUT2D eigenvalue weighted by Crippen LogP contribution is -2.45. The van der Waals surface area contributed by atoms with Crippen molar-refractivity contribution in [3.63, 3.8) is 0 Å². The molecule has 4 heterocycles. The van der Waals surface area contributed by atoms with E-state index in [0.29, 0.717) is 66.2 Å². The molecule has 50 heavy (non-hydrogen) atoms. The normalized spacial score (nSPS) is 14.4. The number of para-hydroxylation sites is 1. The first kappa shape index (κ1) is 35.1. The summed E-state index contributed by atoms with van der Waals surface area (Å²) in [7, 11) is 4.93. The lowest BCUT2D eigenvalue weighted by molar-refractivity contribution is -0.145. The number of carbonyl (C=O) groups excluding carboxylic acids is 1. The van der Waals surface area contributed by atoms with Crippen LogP contribution in [0.25, 0.3) is 32.0 Å². The standard InChI is InChI=1S/C36H37ClN4O8S/c1-21-23(9-10-25(31(21)37)47-18-17-41-15-13-40(2)14-16-41)29-30-33(49-28(35(42)43)19-22-7-5-6-8-24(22)45-3)38-20-39-34(30)50-32(29)26-11-12-27(48-26)36(44)46-4/h5-12,20,28H,13-19H2,1-4H3,(H,42,43)/t28-/m1/s1. The molecule has 1 aliphatic heterocycles. The van der Waals surface area contributed by atoms with E-state index in [1.165, 1.54) is 38.0 Å². The van der Waals surface area contributed by atoms with E-state index < -0.39 is 18.0 Å². The van der Waals surface area contributed by atoms with Gasteiger partial charge in [0.05, 0.1) is 29.5 Å². The number of piperazine rings is 1. The number of esters is 1. The number of benzene rings is 2. The molecular weight excluding hydrogens is 684 g/mol. The van der Waals surface area contributed by atoms with Crippen molar-refractivity contribution in [1.29, 1.82) is 0 Å². The predicted molar refractivity (Wildman–Crippen MR) is 190 cm³/mol. The van der Waals surface area contributed by atoms with Gasteiger partial charge >= 0.3 is 11.9 Å². The first-order valence-corrected chi connectivity index (χ1v) is 17.2. The Bertz CT molecular complexity index is 2010. The van der Waals surface area contributed by atoms with Crippen molar-refractivity contribution >= 4 is 45.1 Å². The number of methoxy groups -OCH3 is 2. The zero-order valence-electron chi connectivity index (χ0n) is 28.1. The third-order valence-electron chi connectivity index (χ3n) is 8.68. The zero-order valence-corrected chi connectivity index (χ0v) is 29.7. The maximum absolute atomic E-state index is 12.6. The number of rotatable bonds is 13. The SMILES string of the molecule is COC(=O)c1ccc(-c2sc3ncnc(O[C@H](Cc4ccccc4OC)C(=O)O)c3c2-c2ccc(OCCN3CCN(C)CC3)c(Cl)c2C)o1. The van der Waals surface area contributed by atoms with Gasteiger partial charge in [0.25, 0.3) is 0 Å². The number of aromatic nitrogens is 2. The molecule has 262 valence electrons. The molecule has 3 aromatic heterocycles. The van der Waals surface area contributed by atoms with E-state index in [0.717, 1.165) is 32.7 Å². The largest absolute Gasteiger partial charge is 0.496 e. The Hall–Kier alpha value is -4.69. The van der Waals surface area contributed by atoms with Gasteiger partial charge in [-0.3, -0.25) is 4.90 Å². The van der Waals surface area contributed by atoms with Crippen LogP contribution in [-0.4, -0.2) is 104 Å². The number of hydrogen-bond donors (Lipinski definition) is 1. The monoisotopic (exact) mass is 720 g/mol. The Morgan fingerprint density at radius 3 is 2.56 bits per heavy atom. The highest BCUT2D eigenvalue weighted by atomic mass is 35.5. The number of carbonyl (C=O) groups is 2. The number of carboxylic acid groups (broad SMARTS) is 1. The van der Waals surface area contributed by atoms with Gasteiger partial charge in [-0.05, 0) is 54.9 Å². The summed E-state index contributed by atoms with van der Waals surface area (Å²) in [6.45, 7) is 7.15. The molecule has 1 saturated heterocycles. The van der Waals surface area contributed by atoms with Crippen LogP contribution in [0.1, 0.15) is 21.7 Å². The Labute approximate surface area is 298 Å². The van der Waals surface area contributed by atoms with Gasteiger partial charge in [-0.2, -0.15) is 0 Å². The van der Waals surface area contributed by atoms with Crippen LogP contribution in [0.2, 0.25) is 5.02 Å². The smallest absolute Gasteiger partial charge is 0.373 e. The lowest BCUT2D eigenvalue weighted by Gasteiger charge is -2.32. The molecule has 0 unspecified atom stereocenters. The number of halogens is 1. The fourth-order valence-corrected chi connectivity index (χ4v) is 7.21. The molecule has 14 heteroatoms. The highest BCUT2D eigenvalue weighted by molar-refractivity contribution is 7.22. The molecule has 0 bridgehead atoms. The highest BCUT2D eigenvalue weighted by Gasteiger charge is 2.29. The molecule has 1 fully saturated rings. The van der Waals surface area contributed by atoms with Crippen LogP contribution in [-0.2, 0) is 16.0 Å². The lowest BCUT2D eigenvalue weighted by atomic mass is 9.97. The third-order valence-corrected chi connectivity index (χ3v) is 10.3. The first-order chi connectivity index (χ1) is 24.2. The summed E-state index contributed by atoms with van der Waals surface area (Å²) in [5.41, 5.74) is 2.69. The van der Waals surface area contributed by atoms with E-state index in [1.807, 2.05) is 25.1 Å². The van der Waals surface area contributed by atoms with Crippen molar-refractivity contribution in [3.8, 4) is 39.1 Å². The van der Waals surface area contributed by atoms with Crippen molar-refractivity contribution in [2.45, 2.75) is 19.4 Å². The summed E-state index contributed by atoms with van der Waals surface area (Å²) in [6, 6.07) is 14.1. The summed E-state index contributed by atoms with van der Waals surface area (Å²) in [6.07, 6.45) is 0.0297. The molecule has 1 N–H and O–H groups in total. The third kappa shape index (κ3) is 7.41. The highest BCUT2D eigenvalue weighted by Crippen LogP contribution is 2.49. The molecule has 12 nitrogen and oxygen atoms in total. The summed E-state index contributed by atoms with van der Waals surface area (Å²) in [4.78, 5) is 39.6. The number of carboxylic acids is 1. The number of likely N-dealkylation sites (N-methyl/N-ethyl adjacent to an activating group) is 1. The summed E-state index contributed by atoms with van der Waals surface area (Å²) < 4.78 is 28.6. The molecule has 0 radical (unpaired) electrons. The fourth-order valence-electron chi connectivity index (χ4n) is 5.88. The quantitative estimate of drug-likeness (QED) is 0.141.